The van der Waals surface area contributed by atoms with Gasteiger partial charge >= 0.3 is 0 Å². The zero-order chi connectivity index (χ0) is 36.3. The number of nitrogens with zero attached hydrogens (tertiary/aromatic N) is 2. The first kappa shape index (κ1) is 31.5. The second-order valence-corrected chi connectivity index (χ2v) is 14.9. The van der Waals surface area contributed by atoms with Crippen LogP contribution in [0, 0.1) is 0 Å². The van der Waals surface area contributed by atoms with Crippen molar-refractivity contribution in [2.75, 3.05) is 4.90 Å². The topological polar surface area (TPSA) is 29.3 Å². The molecule has 4 heteroatoms. The number of rotatable bonds is 6. The van der Waals surface area contributed by atoms with Crippen molar-refractivity contribution in [1.82, 2.24) is 4.98 Å². The summed E-state index contributed by atoms with van der Waals surface area (Å²) in [6.45, 7) is 0. The Morgan fingerprint density at radius 2 is 1.07 bits per heavy atom. The normalized spacial score (nSPS) is 11.6. The van der Waals surface area contributed by atoms with Crippen molar-refractivity contribution in [3.8, 4) is 33.7 Å². The molecular formula is C51H32N2OS. The number of aromatic nitrogens is 1. The molecule has 0 amide bonds. The molecule has 0 unspecified atom stereocenters. The molecular weight excluding hydrogens is 689 g/mol. The molecule has 3 nitrogen and oxygen atoms in total. The molecule has 9 aromatic carbocycles. The maximum Gasteiger partial charge on any atom is 0.227 e. The Morgan fingerprint density at radius 1 is 0.455 bits per heavy atom. The van der Waals surface area contributed by atoms with Gasteiger partial charge in [-0.3, -0.25) is 0 Å². The molecule has 0 saturated carbocycles. The van der Waals surface area contributed by atoms with Crippen LogP contribution in [0.25, 0.3) is 86.5 Å². The van der Waals surface area contributed by atoms with E-state index in [1.54, 1.807) is 0 Å². The monoisotopic (exact) mass is 720 g/mol. The van der Waals surface area contributed by atoms with Crippen molar-refractivity contribution in [2.45, 2.75) is 0 Å². The lowest BCUT2D eigenvalue weighted by Gasteiger charge is -2.28. The zero-order valence-corrected chi connectivity index (χ0v) is 30.5. The molecule has 55 heavy (non-hydrogen) atoms. The van der Waals surface area contributed by atoms with Crippen LogP contribution in [0.5, 0.6) is 0 Å². The summed E-state index contributed by atoms with van der Waals surface area (Å²) in [7, 11) is 0. The van der Waals surface area contributed by atoms with E-state index in [-0.39, 0.29) is 0 Å². The molecule has 2 aromatic heterocycles. The van der Waals surface area contributed by atoms with E-state index in [2.05, 4.69) is 181 Å². The molecule has 0 spiro atoms. The van der Waals surface area contributed by atoms with Crippen molar-refractivity contribution in [3.63, 3.8) is 0 Å². The van der Waals surface area contributed by atoms with Gasteiger partial charge in [-0.1, -0.05) is 152 Å². The SMILES string of the molecule is c1ccc(-c2ccc(N(c3ccc(-c4cccc5ccccc45)c4ccccc34)c3c4nc(-c5ccccc5)oc4cc4c3sc3ccccc34)cc2)cc1. The summed E-state index contributed by atoms with van der Waals surface area (Å²) >= 11 is 1.81. The molecule has 0 radical (unpaired) electrons. The number of benzene rings is 9. The second-order valence-electron chi connectivity index (χ2n) is 13.9. The highest BCUT2D eigenvalue weighted by molar-refractivity contribution is 7.26. The molecule has 0 aliphatic carbocycles. The molecule has 0 bridgehead atoms. The highest BCUT2D eigenvalue weighted by Crippen LogP contribution is 2.51. The summed E-state index contributed by atoms with van der Waals surface area (Å²) in [5.74, 6) is 0.606. The largest absolute Gasteiger partial charge is 0.436 e. The van der Waals surface area contributed by atoms with Crippen LogP contribution in [-0.4, -0.2) is 4.98 Å². The minimum Gasteiger partial charge on any atom is -0.436 e. The van der Waals surface area contributed by atoms with Gasteiger partial charge in [-0.05, 0) is 80.9 Å². The zero-order valence-electron chi connectivity index (χ0n) is 29.7. The van der Waals surface area contributed by atoms with E-state index in [1.165, 1.54) is 48.5 Å². The van der Waals surface area contributed by atoms with Gasteiger partial charge in [0, 0.05) is 32.1 Å². The van der Waals surface area contributed by atoms with E-state index >= 15 is 0 Å². The van der Waals surface area contributed by atoms with Gasteiger partial charge in [-0.2, -0.15) is 0 Å². The molecule has 11 aromatic rings. The van der Waals surface area contributed by atoms with Crippen LogP contribution in [-0.2, 0) is 0 Å². The van der Waals surface area contributed by atoms with E-state index < -0.39 is 0 Å². The summed E-state index contributed by atoms with van der Waals surface area (Å²) < 4.78 is 9.08. The molecule has 0 fully saturated rings. The van der Waals surface area contributed by atoms with Gasteiger partial charge in [0.2, 0.25) is 5.89 Å². The van der Waals surface area contributed by atoms with E-state index in [0.717, 1.165) is 49.2 Å². The third-order valence-corrected chi connectivity index (χ3v) is 11.9. The second kappa shape index (κ2) is 12.8. The number of oxazole rings is 1. The molecule has 11 rings (SSSR count). The minimum atomic E-state index is 0.606. The number of anilines is 3. The fourth-order valence-corrected chi connectivity index (χ4v) is 9.35. The van der Waals surface area contributed by atoms with Crippen LogP contribution < -0.4 is 4.90 Å². The Kier molecular flexibility index (Phi) is 7.35. The molecule has 258 valence electrons. The van der Waals surface area contributed by atoms with E-state index in [1.807, 2.05) is 29.5 Å². The predicted molar refractivity (Wildman–Crippen MR) is 233 cm³/mol. The van der Waals surface area contributed by atoms with Crippen LogP contribution in [0.4, 0.5) is 17.1 Å². The Labute approximate surface area is 322 Å². The van der Waals surface area contributed by atoms with Crippen LogP contribution in [0.2, 0.25) is 0 Å². The molecule has 0 atom stereocenters. The summed E-state index contributed by atoms with van der Waals surface area (Å²) in [6, 6.07) is 69.2. The fraction of sp³-hybridized carbons (Fsp3) is 0. The summed E-state index contributed by atoms with van der Waals surface area (Å²) in [5, 5.41) is 7.17. The smallest absolute Gasteiger partial charge is 0.227 e. The number of fused-ring (bicyclic) bond motifs is 6. The highest BCUT2D eigenvalue weighted by Gasteiger charge is 2.27. The van der Waals surface area contributed by atoms with Crippen LogP contribution in [0.3, 0.4) is 0 Å². The minimum absolute atomic E-state index is 0.606. The number of hydrogen-bond donors (Lipinski definition) is 0. The molecule has 0 aliphatic rings. The van der Waals surface area contributed by atoms with Crippen LogP contribution >= 0.6 is 11.3 Å². The molecule has 0 saturated heterocycles. The van der Waals surface area contributed by atoms with Crippen molar-refractivity contribution >= 4 is 81.2 Å². The van der Waals surface area contributed by atoms with Gasteiger partial charge in [0.05, 0.1) is 16.1 Å². The molecule has 0 N–H and O–H groups in total. The van der Waals surface area contributed by atoms with Crippen molar-refractivity contribution in [1.29, 1.82) is 0 Å². The maximum atomic E-state index is 6.69. The Balaban J connectivity index is 1.23. The summed E-state index contributed by atoms with van der Waals surface area (Å²) in [6.07, 6.45) is 0. The average Bonchev–Trinajstić information content (AvgIpc) is 3.86. The van der Waals surface area contributed by atoms with Gasteiger partial charge < -0.3 is 9.32 Å². The lowest BCUT2D eigenvalue weighted by Crippen LogP contribution is -2.11. The third kappa shape index (κ3) is 5.22. The lowest BCUT2D eigenvalue weighted by molar-refractivity contribution is 0.620. The Hall–Kier alpha value is -7.01. The van der Waals surface area contributed by atoms with E-state index in [4.69, 9.17) is 9.40 Å². The lowest BCUT2D eigenvalue weighted by atomic mass is 9.93. The highest BCUT2D eigenvalue weighted by atomic mass is 32.1. The first-order valence-corrected chi connectivity index (χ1v) is 19.4. The molecule has 2 heterocycles. The first-order chi connectivity index (χ1) is 27.3. The van der Waals surface area contributed by atoms with Crippen LogP contribution in [0.1, 0.15) is 0 Å². The van der Waals surface area contributed by atoms with Gasteiger partial charge in [0.25, 0.3) is 0 Å². The van der Waals surface area contributed by atoms with E-state index in [9.17, 15) is 0 Å². The summed E-state index contributed by atoms with van der Waals surface area (Å²) in [4.78, 5) is 7.74. The van der Waals surface area contributed by atoms with E-state index in [0.29, 0.717) is 5.89 Å². The van der Waals surface area contributed by atoms with Crippen molar-refractivity contribution in [2.24, 2.45) is 0 Å². The standard InChI is InChI=1S/C51H32N2OS/c1-3-14-33(15-4-1)34-26-28-37(29-27-34)53(45-31-30-41(40-21-9-10-22-42(40)45)39-24-13-19-35-16-7-8-20-38(35)39)49-48-46(54-51(52-48)36-17-5-2-6-18-36)32-44-43-23-11-12-25-47(43)55-50(44)49/h1-32H. The van der Waals surface area contributed by atoms with Gasteiger partial charge in [0.1, 0.15) is 5.52 Å². The van der Waals surface area contributed by atoms with Gasteiger partial charge in [-0.15, -0.1) is 11.3 Å². The quantitative estimate of drug-likeness (QED) is 0.171. The van der Waals surface area contributed by atoms with Crippen molar-refractivity contribution in [3.05, 3.63) is 194 Å². The third-order valence-electron chi connectivity index (χ3n) is 10.7. The Bertz CT molecular complexity index is 3190. The first-order valence-electron chi connectivity index (χ1n) is 18.5. The van der Waals surface area contributed by atoms with Crippen LogP contribution in [0.15, 0.2) is 199 Å². The van der Waals surface area contributed by atoms with Gasteiger partial charge in [-0.25, -0.2) is 4.98 Å². The van der Waals surface area contributed by atoms with Crippen molar-refractivity contribution < 1.29 is 4.42 Å². The van der Waals surface area contributed by atoms with Gasteiger partial charge in [0.15, 0.2) is 5.58 Å². The predicted octanol–water partition coefficient (Wildman–Crippen LogP) is 15.0. The average molecular weight is 721 g/mol. The number of thiophene rings is 1. The fourth-order valence-electron chi connectivity index (χ4n) is 8.13. The Morgan fingerprint density at radius 3 is 1.87 bits per heavy atom. The number of hydrogen-bond acceptors (Lipinski definition) is 4. The molecule has 0 aliphatic heterocycles. The maximum absolute atomic E-state index is 6.69. The summed E-state index contributed by atoms with van der Waals surface area (Å²) in [5.41, 5.74) is 10.4.